The van der Waals surface area contributed by atoms with Gasteiger partial charge in [0.15, 0.2) is 0 Å². The van der Waals surface area contributed by atoms with Gasteiger partial charge in [-0.15, -0.1) is 0 Å². The van der Waals surface area contributed by atoms with Crippen LogP contribution in [-0.4, -0.2) is 42.9 Å². The molecule has 0 aliphatic carbocycles. The Bertz CT molecular complexity index is 405. The molecule has 2 rings (SSSR count). The summed E-state index contributed by atoms with van der Waals surface area (Å²) in [6.07, 6.45) is 2.29. The molecule has 1 fully saturated rings. The van der Waals surface area contributed by atoms with E-state index in [0.29, 0.717) is 23.3 Å². The Balaban J connectivity index is 1.85. The van der Waals surface area contributed by atoms with Crippen molar-refractivity contribution in [3.63, 3.8) is 0 Å². The van der Waals surface area contributed by atoms with Gasteiger partial charge in [0, 0.05) is 12.5 Å². The Morgan fingerprint density at radius 2 is 2.05 bits per heavy atom. The van der Waals surface area contributed by atoms with Crippen LogP contribution in [0.2, 0.25) is 5.02 Å². The lowest BCUT2D eigenvalue weighted by molar-refractivity contribution is 0.0757. The molecule has 1 aliphatic heterocycles. The molecule has 1 aromatic carbocycles. The number of aliphatic hydroxyl groups excluding tert-OH is 1. The van der Waals surface area contributed by atoms with Crippen LogP contribution in [0.5, 0.6) is 5.75 Å². The topological polar surface area (TPSA) is 32.7 Å². The maximum absolute atomic E-state index is 9.62. The van der Waals surface area contributed by atoms with E-state index in [4.69, 9.17) is 16.3 Å². The SMILES string of the molecule is CCN1CCC(C(CO)COc2ccccc2Cl)CC1. The van der Waals surface area contributed by atoms with Crippen LogP contribution in [0.1, 0.15) is 19.8 Å². The molecule has 0 aromatic heterocycles. The van der Waals surface area contributed by atoms with Crippen molar-refractivity contribution >= 4 is 11.6 Å². The summed E-state index contributed by atoms with van der Waals surface area (Å²) >= 11 is 6.08. The summed E-state index contributed by atoms with van der Waals surface area (Å²) in [4.78, 5) is 2.46. The molecule has 0 spiro atoms. The first-order chi connectivity index (χ1) is 9.74. The van der Waals surface area contributed by atoms with Gasteiger partial charge in [0.1, 0.15) is 5.75 Å². The summed E-state index contributed by atoms with van der Waals surface area (Å²) in [5, 5.41) is 10.3. The zero-order chi connectivity index (χ0) is 14.4. The molecule has 0 radical (unpaired) electrons. The van der Waals surface area contributed by atoms with E-state index < -0.39 is 0 Å². The standard InChI is InChI=1S/C16H24ClNO2/c1-2-18-9-7-13(8-10-18)14(11-19)12-20-16-6-4-3-5-15(16)17/h3-6,13-14,19H,2,7-12H2,1H3. The Labute approximate surface area is 126 Å². The van der Waals surface area contributed by atoms with E-state index in [9.17, 15) is 5.11 Å². The normalized spacial score (nSPS) is 18.9. The fraction of sp³-hybridized carbons (Fsp3) is 0.625. The van der Waals surface area contributed by atoms with E-state index in [1.165, 1.54) is 0 Å². The molecule has 0 amide bonds. The molecule has 0 bridgehead atoms. The molecule has 1 unspecified atom stereocenters. The van der Waals surface area contributed by atoms with Gasteiger partial charge in [-0.3, -0.25) is 0 Å². The predicted octanol–water partition coefficient (Wildman–Crippen LogP) is 3.06. The van der Waals surface area contributed by atoms with Gasteiger partial charge in [-0.25, -0.2) is 0 Å². The van der Waals surface area contributed by atoms with E-state index >= 15 is 0 Å². The minimum absolute atomic E-state index is 0.182. The first kappa shape index (κ1) is 15.6. The Hall–Kier alpha value is -0.770. The largest absolute Gasteiger partial charge is 0.492 e. The van der Waals surface area contributed by atoms with Crippen molar-refractivity contribution in [2.75, 3.05) is 32.8 Å². The van der Waals surface area contributed by atoms with Crippen molar-refractivity contribution < 1.29 is 9.84 Å². The highest BCUT2D eigenvalue weighted by molar-refractivity contribution is 6.32. The van der Waals surface area contributed by atoms with Crippen LogP contribution in [-0.2, 0) is 0 Å². The number of rotatable bonds is 6. The van der Waals surface area contributed by atoms with Gasteiger partial charge in [-0.1, -0.05) is 30.7 Å². The predicted molar refractivity (Wildman–Crippen MR) is 82.4 cm³/mol. The molecule has 1 aliphatic rings. The van der Waals surface area contributed by atoms with Crippen LogP contribution in [0, 0.1) is 11.8 Å². The molecule has 1 heterocycles. The van der Waals surface area contributed by atoms with Crippen molar-refractivity contribution in [3.8, 4) is 5.75 Å². The number of halogens is 1. The van der Waals surface area contributed by atoms with Gasteiger partial charge in [0.25, 0.3) is 0 Å². The first-order valence-electron chi connectivity index (χ1n) is 7.45. The highest BCUT2D eigenvalue weighted by Crippen LogP contribution is 2.28. The van der Waals surface area contributed by atoms with Crippen molar-refractivity contribution in [2.45, 2.75) is 19.8 Å². The minimum atomic E-state index is 0.182. The molecular formula is C16H24ClNO2. The monoisotopic (exact) mass is 297 g/mol. The fourth-order valence-corrected chi connectivity index (χ4v) is 3.03. The van der Waals surface area contributed by atoms with Crippen LogP contribution >= 0.6 is 11.6 Å². The van der Waals surface area contributed by atoms with Crippen LogP contribution in [0.25, 0.3) is 0 Å². The van der Waals surface area contributed by atoms with Gasteiger partial charge < -0.3 is 14.7 Å². The summed E-state index contributed by atoms with van der Waals surface area (Å²) in [7, 11) is 0. The van der Waals surface area contributed by atoms with Crippen molar-refractivity contribution in [1.82, 2.24) is 4.90 Å². The molecule has 1 atom stereocenters. The van der Waals surface area contributed by atoms with Gasteiger partial charge in [0.2, 0.25) is 0 Å². The van der Waals surface area contributed by atoms with Crippen LogP contribution < -0.4 is 4.74 Å². The van der Waals surface area contributed by atoms with E-state index in [0.717, 1.165) is 32.5 Å². The second kappa shape index (κ2) is 7.87. The van der Waals surface area contributed by atoms with Crippen molar-refractivity contribution in [2.24, 2.45) is 11.8 Å². The summed E-state index contributed by atoms with van der Waals surface area (Å²) in [6, 6.07) is 7.50. The number of aliphatic hydroxyl groups is 1. The molecule has 20 heavy (non-hydrogen) atoms. The molecule has 0 saturated carbocycles. The molecule has 3 nitrogen and oxygen atoms in total. The van der Waals surface area contributed by atoms with Crippen molar-refractivity contribution in [1.29, 1.82) is 0 Å². The third kappa shape index (κ3) is 4.11. The summed E-state index contributed by atoms with van der Waals surface area (Å²) in [5.74, 6) is 1.45. The Kier molecular flexibility index (Phi) is 6.14. The van der Waals surface area contributed by atoms with Gasteiger partial charge in [0.05, 0.1) is 11.6 Å². The number of piperidine rings is 1. The fourth-order valence-electron chi connectivity index (χ4n) is 2.84. The van der Waals surface area contributed by atoms with Crippen LogP contribution in [0.3, 0.4) is 0 Å². The third-order valence-corrected chi connectivity index (χ3v) is 4.58. The molecule has 1 N–H and O–H groups in total. The number of likely N-dealkylation sites (tertiary alicyclic amines) is 1. The van der Waals surface area contributed by atoms with E-state index in [1.807, 2.05) is 24.3 Å². The lowest BCUT2D eigenvalue weighted by atomic mass is 9.85. The molecule has 1 saturated heterocycles. The molecular weight excluding hydrogens is 274 g/mol. The summed E-state index contributed by atoms with van der Waals surface area (Å²) in [5.41, 5.74) is 0. The van der Waals surface area contributed by atoms with E-state index in [1.54, 1.807) is 0 Å². The lowest BCUT2D eigenvalue weighted by Crippen LogP contribution is -2.38. The lowest BCUT2D eigenvalue weighted by Gasteiger charge is -2.34. The molecule has 4 heteroatoms. The number of ether oxygens (including phenoxy) is 1. The number of nitrogens with zero attached hydrogens (tertiary/aromatic N) is 1. The Morgan fingerprint density at radius 1 is 1.35 bits per heavy atom. The minimum Gasteiger partial charge on any atom is -0.492 e. The second-order valence-electron chi connectivity index (χ2n) is 5.46. The second-order valence-corrected chi connectivity index (χ2v) is 5.86. The molecule has 112 valence electrons. The first-order valence-corrected chi connectivity index (χ1v) is 7.83. The Morgan fingerprint density at radius 3 is 2.65 bits per heavy atom. The maximum Gasteiger partial charge on any atom is 0.137 e. The van der Waals surface area contributed by atoms with Crippen LogP contribution in [0.15, 0.2) is 24.3 Å². The smallest absolute Gasteiger partial charge is 0.137 e. The zero-order valence-corrected chi connectivity index (χ0v) is 12.9. The average molecular weight is 298 g/mol. The summed E-state index contributed by atoms with van der Waals surface area (Å²) in [6.45, 7) is 6.29. The van der Waals surface area contributed by atoms with Gasteiger partial charge in [-0.05, 0) is 50.5 Å². The quantitative estimate of drug-likeness (QED) is 0.876. The highest BCUT2D eigenvalue weighted by atomic mass is 35.5. The van der Waals surface area contributed by atoms with E-state index in [2.05, 4.69) is 11.8 Å². The number of para-hydroxylation sites is 1. The van der Waals surface area contributed by atoms with Gasteiger partial charge >= 0.3 is 0 Å². The maximum atomic E-state index is 9.62. The number of hydrogen-bond acceptors (Lipinski definition) is 3. The van der Waals surface area contributed by atoms with Crippen molar-refractivity contribution in [3.05, 3.63) is 29.3 Å². The molecule has 1 aromatic rings. The highest BCUT2D eigenvalue weighted by Gasteiger charge is 2.26. The number of hydrogen-bond donors (Lipinski definition) is 1. The average Bonchev–Trinajstić information content (AvgIpc) is 2.50. The zero-order valence-electron chi connectivity index (χ0n) is 12.1. The number of benzene rings is 1. The van der Waals surface area contributed by atoms with Crippen LogP contribution in [0.4, 0.5) is 0 Å². The van der Waals surface area contributed by atoms with Gasteiger partial charge in [-0.2, -0.15) is 0 Å². The summed E-state index contributed by atoms with van der Waals surface area (Å²) < 4.78 is 5.79. The van der Waals surface area contributed by atoms with E-state index in [-0.39, 0.29) is 12.5 Å². The third-order valence-electron chi connectivity index (χ3n) is 4.27.